The first kappa shape index (κ1) is 19.9. The standard InChI is InChI=1S/C20H16N2O7/c1-11-3-4-13(7-12(11)2)17(23)10-29-18(24)9-21-19(25)15-6-5-14(22(27)28)8-16(15)20(21)26/h3-8H,9-10H2,1-2H3. The molecule has 2 amide bonds. The molecule has 9 nitrogen and oxygen atoms in total. The summed E-state index contributed by atoms with van der Waals surface area (Å²) in [5, 5.41) is 10.8. The smallest absolute Gasteiger partial charge is 0.326 e. The molecule has 3 rings (SSSR count). The highest BCUT2D eigenvalue weighted by Crippen LogP contribution is 2.26. The third kappa shape index (κ3) is 3.88. The number of amides is 2. The van der Waals surface area contributed by atoms with E-state index in [1.165, 1.54) is 6.07 Å². The Labute approximate surface area is 165 Å². The van der Waals surface area contributed by atoms with Gasteiger partial charge in [0.1, 0.15) is 6.54 Å². The Morgan fingerprint density at radius 2 is 1.69 bits per heavy atom. The van der Waals surface area contributed by atoms with E-state index in [0.29, 0.717) is 10.5 Å². The van der Waals surface area contributed by atoms with Gasteiger partial charge in [-0.05, 0) is 37.1 Å². The molecule has 29 heavy (non-hydrogen) atoms. The van der Waals surface area contributed by atoms with Gasteiger partial charge in [-0.15, -0.1) is 0 Å². The number of ether oxygens (including phenoxy) is 1. The first-order valence-corrected chi connectivity index (χ1v) is 8.59. The summed E-state index contributed by atoms with van der Waals surface area (Å²) < 4.78 is 4.90. The molecule has 0 radical (unpaired) electrons. The third-order valence-corrected chi connectivity index (χ3v) is 4.65. The van der Waals surface area contributed by atoms with Gasteiger partial charge in [0.05, 0.1) is 16.1 Å². The van der Waals surface area contributed by atoms with Gasteiger partial charge in [0, 0.05) is 17.7 Å². The normalized spacial score (nSPS) is 12.7. The minimum atomic E-state index is -0.939. The highest BCUT2D eigenvalue weighted by molar-refractivity contribution is 6.22. The van der Waals surface area contributed by atoms with Crippen LogP contribution in [0.2, 0.25) is 0 Å². The lowest BCUT2D eigenvalue weighted by atomic mass is 10.0. The van der Waals surface area contributed by atoms with Gasteiger partial charge in [-0.25, -0.2) is 0 Å². The fourth-order valence-electron chi connectivity index (χ4n) is 2.85. The predicted molar refractivity (Wildman–Crippen MR) is 99.7 cm³/mol. The van der Waals surface area contributed by atoms with Crippen LogP contribution in [0, 0.1) is 24.0 Å². The first-order chi connectivity index (χ1) is 13.7. The number of ketones is 1. The zero-order valence-electron chi connectivity index (χ0n) is 15.6. The Morgan fingerprint density at radius 1 is 1.00 bits per heavy atom. The van der Waals surface area contributed by atoms with Gasteiger partial charge in [-0.2, -0.15) is 0 Å². The Bertz CT molecular complexity index is 1070. The van der Waals surface area contributed by atoms with Crippen LogP contribution in [0.5, 0.6) is 0 Å². The molecule has 1 aliphatic heterocycles. The van der Waals surface area contributed by atoms with Crippen LogP contribution in [0.4, 0.5) is 5.69 Å². The molecule has 1 aliphatic rings. The summed E-state index contributed by atoms with van der Waals surface area (Å²) >= 11 is 0. The van der Waals surface area contributed by atoms with E-state index in [2.05, 4.69) is 0 Å². The van der Waals surface area contributed by atoms with Crippen LogP contribution in [0.3, 0.4) is 0 Å². The topological polar surface area (TPSA) is 124 Å². The van der Waals surface area contributed by atoms with Crippen molar-refractivity contribution in [3.05, 3.63) is 74.3 Å². The van der Waals surface area contributed by atoms with E-state index in [1.54, 1.807) is 18.2 Å². The number of aryl methyl sites for hydroxylation is 2. The van der Waals surface area contributed by atoms with Gasteiger partial charge in [0.15, 0.2) is 12.4 Å². The van der Waals surface area contributed by atoms with Gasteiger partial charge in [-0.1, -0.05) is 12.1 Å². The van der Waals surface area contributed by atoms with Crippen molar-refractivity contribution in [1.29, 1.82) is 0 Å². The summed E-state index contributed by atoms with van der Waals surface area (Å²) in [6, 6.07) is 8.35. The quantitative estimate of drug-likeness (QED) is 0.241. The Morgan fingerprint density at radius 3 is 2.34 bits per heavy atom. The average Bonchev–Trinajstić information content (AvgIpc) is 2.92. The van der Waals surface area contributed by atoms with Crippen LogP contribution in [0.15, 0.2) is 36.4 Å². The van der Waals surface area contributed by atoms with Crippen LogP contribution < -0.4 is 0 Å². The Balaban J connectivity index is 1.64. The second-order valence-corrected chi connectivity index (χ2v) is 6.57. The number of nitro benzene ring substituents is 1. The number of hydrogen-bond donors (Lipinski definition) is 0. The van der Waals surface area contributed by atoms with Crippen molar-refractivity contribution >= 4 is 29.3 Å². The summed E-state index contributed by atoms with van der Waals surface area (Å²) in [5.41, 5.74) is 1.80. The molecule has 148 valence electrons. The fraction of sp³-hybridized carbons (Fsp3) is 0.200. The molecule has 0 spiro atoms. The van der Waals surface area contributed by atoms with Crippen molar-refractivity contribution in [1.82, 2.24) is 4.90 Å². The summed E-state index contributed by atoms with van der Waals surface area (Å²) in [6.45, 7) is 2.53. The van der Waals surface area contributed by atoms with Gasteiger partial charge in [0.2, 0.25) is 0 Å². The number of carbonyl (C=O) groups is 4. The highest BCUT2D eigenvalue weighted by atomic mass is 16.6. The SMILES string of the molecule is Cc1ccc(C(=O)COC(=O)CN2C(=O)c3ccc([N+](=O)[O-])cc3C2=O)cc1C. The van der Waals surface area contributed by atoms with Gasteiger partial charge in [-0.3, -0.25) is 34.2 Å². The molecule has 2 aromatic rings. The zero-order valence-corrected chi connectivity index (χ0v) is 15.6. The first-order valence-electron chi connectivity index (χ1n) is 8.59. The van der Waals surface area contributed by atoms with Crippen molar-refractivity contribution in [2.75, 3.05) is 13.2 Å². The number of hydrogen-bond acceptors (Lipinski definition) is 7. The lowest BCUT2D eigenvalue weighted by molar-refractivity contribution is -0.384. The third-order valence-electron chi connectivity index (χ3n) is 4.65. The number of fused-ring (bicyclic) bond motifs is 1. The highest BCUT2D eigenvalue weighted by Gasteiger charge is 2.38. The molecule has 0 atom stereocenters. The van der Waals surface area contributed by atoms with E-state index in [4.69, 9.17) is 4.74 Å². The van der Waals surface area contributed by atoms with Crippen molar-refractivity contribution in [3.8, 4) is 0 Å². The molecule has 0 aromatic heterocycles. The number of esters is 1. The van der Waals surface area contributed by atoms with Crippen molar-refractivity contribution < 1.29 is 28.8 Å². The van der Waals surface area contributed by atoms with Gasteiger partial charge < -0.3 is 4.74 Å². The zero-order chi connectivity index (χ0) is 21.3. The van der Waals surface area contributed by atoms with Crippen LogP contribution in [-0.4, -0.2) is 46.5 Å². The van der Waals surface area contributed by atoms with E-state index < -0.39 is 41.6 Å². The second-order valence-electron chi connectivity index (χ2n) is 6.57. The summed E-state index contributed by atoms with van der Waals surface area (Å²) in [7, 11) is 0. The molecule has 0 bridgehead atoms. The molecule has 2 aromatic carbocycles. The predicted octanol–water partition coefficient (Wildman–Crippen LogP) is 2.23. The molecule has 0 saturated heterocycles. The molecule has 0 N–H and O–H groups in total. The van der Waals surface area contributed by atoms with Crippen LogP contribution in [-0.2, 0) is 9.53 Å². The van der Waals surface area contributed by atoms with Crippen LogP contribution in [0.1, 0.15) is 42.2 Å². The fourth-order valence-corrected chi connectivity index (χ4v) is 2.85. The molecule has 0 fully saturated rings. The minimum Gasteiger partial charge on any atom is -0.456 e. The number of nitro groups is 1. The molecule has 9 heteroatoms. The van der Waals surface area contributed by atoms with Crippen molar-refractivity contribution in [2.24, 2.45) is 0 Å². The maximum Gasteiger partial charge on any atom is 0.326 e. The van der Waals surface area contributed by atoms with E-state index in [9.17, 15) is 29.3 Å². The van der Waals surface area contributed by atoms with Gasteiger partial charge in [0.25, 0.3) is 17.5 Å². The number of benzene rings is 2. The molecule has 0 unspecified atom stereocenters. The van der Waals surface area contributed by atoms with Crippen molar-refractivity contribution in [2.45, 2.75) is 13.8 Å². The minimum absolute atomic E-state index is 0.0281. The molecule has 1 heterocycles. The summed E-state index contributed by atoms with van der Waals surface area (Å²) in [4.78, 5) is 59.7. The van der Waals surface area contributed by atoms with Crippen LogP contribution in [0.25, 0.3) is 0 Å². The molecular weight excluding hydrogens is 380 g/mol. The molecule has 0 aliphatic carbocycles. The van der Waals surface area contributed by atoms with E-state index in [0.717, 1.165) is 23.3 Å². The van der Waals surface area contributed by atoms with E-state index in [-0.39, 0.29) is 16.8 Å². The van der Waals surface area contributed by atoms with Crippen LogP contribution >= 0.6 is 0 Å². The maximum atomic E-state index is 12.4. The number of nitrogens with zero attached hydrogens (tertiary/aromatic N) is 2. The Kier molecular flexibility index (Phi) is 5.22. The number of rotatable bonds is 6. The molecule has 0 saturated carbocycles. The number of non-ortho nitro benzene ring substituents is 1. The lowest BCUT2D eigenvalue weighted by Gasteiger charge is -2.13. The average molecular weight is 396 g/mol. The number of imide groups is 1. The van der Waals surface area contributed by atoms with Crippen molar-refractivity contribution in [3.63, 3.8) is 0 Å². The number of carbonyl (C=O) groups excluding carboxylic acids is 4. The lowest BCUT2D eigenvalue weighted by Crippen LogP contribution is -2.36. The second kappa shape index (κ2) is 7.63. The van der Waals surface area contributed by atoms with E-state index >= 15 is 0 Å². The molecular formula is C20H16N2O7. The van der Waals surface area contributed by atoms with Gasteiger partial charge >= 0.3 is 5.97 Å². The largest absolute Gasteiger partial charge is 0.456 e. The Hall–Kier alpha value is -3.88. The maximum absolute atomic E-state index is 12.4. The summed E-state index contributed by atoms with van der Waals surface area (Å²) in [6.07, 6.45) is 0. The monoisotopic (exact) mass is 396 g/mol. The number of Topliss-reactive ketones (excluding diaryl/α,β-unsaturated/α-hetero) is 1. The van der Waals surface area contributed by atoms with E-state index in [1.807, 2.05) is 13.8 Å². The summed E-state index contributed by atoms with van der Waals surface area (Å²) in [5.74, 6) is -2.94.